The van der Waals surface area contributed by atoms with Crippen LogP contribution in [-0.2, 0) is 0 Å². The van der Waals surface area contributed by atoms with Gasteiger partial charge >= 0.3 is 54.0 Å². The van der Waals surface area contributed by atoms with E-state index in [0.29, 0.717) is 0 Å². The molecule has 49 valence electrons. The first-order chi connectivity index (χ1) is 3.13. The Morgan fingerprint density at radius 2 is 1.12 bits per heavy atom. The molecule has 0 heterocycles. The molecule has 0 aliphatic rings. The van der Waals surface area contributed by atoms with Crippen molar-refractivity contribution in [2.45, 2.75) is 36.6 Å². The van der Waals surface area contributed by atoms with E-state index >= 15 is 0 Å². The Morgan fingerprint density at radius 1 is 0.875 bits per heavy atom. The summed E-state index contributed by atoms with van der Waals surface area (Å²) in [4.78, 5) is 0. The SMILES string of the molecule is C[CH](C)[Ga][CH](C)C.Cl. The summed E-state index contributed by atoms with van der Waals surface area (Å²) in [6.45, 7) is 9.33. The van der Waals surface area contributed by atoms with Gasteiger partial charge in [-0.15, -0.1) is 12.4 Å². The standard InChI is InChI=1S/2C3H7.ClH.Ga/c2*1-3-2;;/h2*3H,1-2H3;1H;. The molecule has 0 N–H and O–H groups in total. The minimum absolute atomic E-state index is 0. The first-order valence-electron chi connectivity index (χ1n) is 2.98. The van der Waals surface area contributed by atoms with Gasteiger partial charge in [-0.3, -0.25) is 0 Å². The topological polar surface area (TPSA) is 0 Å². The van der Waals surface area contributed by atoms with Crippen molar-refractivity contribution in [2.75, 3.05) is 0 Å². The molecule has 0 spiro atoms. The monoisotopic (exact) mass is 191 g/mol. The van der Waals surface area contributed by atoms with Crippen molar-refractivity contribution in [3.63, 3.8) is 0 Å². The van der Waals surface area contributed by atoms with Crippen LogP contribution in [0.1, 0.15) is 27.7 Å². The molecule has 0 unspecified atom stereocenters. The van der Waals surface area contributed by atoms with Gasteiger partial charge in [-0.25, -0.2) is 0 Å². The van der Waals surface area contributed by atoms with Gasteiger partial charge in [0.05, 0.1) is 0 Å². The zero-order valence-corrected chi connectivity index (χ0v) is 9.38. The van der Waals surface area contributed by atoms with Crippen LogP contribution in [0.5, 0.6) is 0 Å². The van der Waals surface area contributed by atoms with Crippen molar-refractivity contribution in [2.24, 2.45) is 0 Å². The number of halogens is 1. The summed E-state index contributed by atoms with van der Waals surface area (Å²) in [6.07, 6.45) is 0. The Hall–Kier alpha value is 0.926. The molecule has 0 amide bonds. The molecule has 0 aromatic rings. The Kier molecular flexibility index (Phi) is 8.84. The fraction of sp³-hybridized carbons (Fsp3) is 1.00. The van der Waals surface area contributed by atoms with Crippen LogP contribution in [0.2, 0.25) is 8.94 Å². The summed E-state index contributed by atoms with van der Waals surface area (Å²) < 4.78 is 2.06. The van der Waals surface area contributed by atoms with E-state index in [1.54, 1.807) is 0 Å². The molecule has 0 bridgehead atoms. The first kappa shape index (κ1) is 11.7. The van der Waals surface area contributed by atoms with E-state index in [9.17, 15) is 0 Å². The summed E-state index contributed by atoms with van der Waals surface area (Å²) in [5, 5.41) is 0. The zero-order valence-electron chi connectivity index (χ0n) is 6.14. The van der Waals surface area contributed by atoms with Crippen molar-refractivity contribution in [1.29, 1.82) is 0 Å². The minimum atomic E-state index is 0. The van der Waals surface area contributed by atoms with Gasteiger partial charge in [-0.05, 0) is 0 Å². The molecule has 0 atom stereocenters. The predicted molar refractivity (Wildman–Crippen MR) is 43.2 cm³/mol. The second-order valence-electron chi connectivity index (χ2n) is 2.68. The third-order valence-electron chi connectivity index (χ3n) is 0.770. The third kappa shape index (κ3) is 10.0. The van der Waals surface area contributed by atoms with Gasteiger partial charge in [0.25, 0.3) is 0 Å². The summed E-state index contributed by atoms with van der Waals surface area (Å²) in [7, 11) is 0. The van der Waals surface area contributed by atoms with Crippen molar-refractivity contribution >= 4 is 29.8 Å². The quantitative estimate of drug-likeness (QED) is 0.590. The maximum absolute atomic E-state index is 2.33. The van der Waals surface area contributed by atoms with Crippen LogP contribution in [-0.4, -0.2) is 17.4 Å². The van der Waals surface area contributed by atoms with Gasteiger partial charge in [0.1, 0.15) is 0 Å². The number of rotatable bonds is 2. The van der Waals surface area contributed by atoms with Crippen LogP contribution in [0.25, 0.3) is 0 Å². The summed E-state index contributed by atoms with van der Waals surface area (Å²) in [5.74, 6) is 0. The largest absolute Gasteiger partial charge is 0.147 e. The molecule has 0 aliphatic carbocycles. The molecular weight excluding hydrogens is 177 g/mol. The second kappa shape index (κ2) is 6.05. The van der Waals surface area contributed by atoms with E-state index in [4.69, 9.17) is 0 Å². The van der Waals surface area contributed by atoms with Crippen LogP contribution in [0.4, 0.5) is 0 Å². The third-order valence-corrected chi connectivity index (χ3v) is 4.00. The Morgan fingerprint density at radius 3 is 1.12 bits per heavy atom. The van der Waals surface area contributed by atoms with Gasteiger partial charge in [-0.2, -0.15) is 0 Å². The summed E-state index contributed by atoms with van der Waals surface area (Å²) in [6, 6.07) is 0. The zero-order chi connectivity index (χ0) is 5.86. The molecule has 0 saturated heterocycles. The molecule has 1 radical (unpaired) electrons. The van der Waals surface area contributed by atoms with Gasteiger partial charge in [0.2, 0.25) is 0 Å². The average molecular weight is 192 g/mol. The smallest absolute Gasteiger partial charge is 0.147 e. The van der Waals surface area contributed by atoms with E-state index in [-0.39, 0.29) is 29.8 Å². The van der Waals surface area contributed by atoms with E-state index in [1.165, 1.54) is 0 Å². The first-order valence-corrected chi connectivity index (χ1v) is 5.77. The Labute approximate surface area is 66.6 Å². The fourth-order valence-corrected chi connectivity index (χ4v) is 4.00. The van der Waals surface area contributed by atoms with Gasteiger partial charge in [0, 0.05) is 0 Å². The van der Waals surface area contributed by atoms with Gasteiger partial charge < -0.3 is 0 Å². The summed E-state index contributed by atoms with van der Waals surface area (Å²) in [5.41, 5.74) is 0. The van der Waals surface area contributed by atoms with Crippen LogP contribution >= 0.6 is 12.4 Å². The summed E-state index contributed by atoms with van der Waals surface area (Å²) >= 11 is 0.146. The van der Waals surface area contributed by atoms with Crippen molar-refractivity contribution in [3.8, 4) is 0 Å². The van der Waals surface area contributed by atoms with Crippen LogP contribution in [0.3, 0.4) is 0 Å². The normalized spacial score (nSPS) is 9.25. The molecule has 0 aliphatic heterocycles. The molecular formula is C6H15ClGa. The molecule has 0 aromatic heterocycles. The number of hydrogen-bond donors (Lipinski definition) is 0. The van der Waals surface area contributed by atoms with Crippen LogP contribution < -0.4 is 0 Å². The predicted octanol–water partition coefficient (Wildman–Crippen LogP) is 2.77. The van der Waals surface area contributed by atoms with E-state index in [0.717, 1.165) is 8.94 Å². The fourth-order valence-electron chi connectivity index (χ4n) is 0.770. The molecule has 8 heavy (non-hydrogen) atoms. The Balaban J connectivity index is 0. The average Bonchev–Trinajstić information content (AvgIpc) is 1.27. The van der Waals surface area contributed by atoms with Crippen molar-refractivity contribution in [1.82, 2.24) is 0 Å². The molecule has 2 heteroatoms. The van der Waals surface area contributed by atoms with Crippen molar-refractivity contribution < 1.29 is 0 Å². The number of hydrogen-bond acceptors (Lipinski definition) is 0. The van der Waals surface area contributed by atoms with Crippen LogP contribution in [0.15, 0.2) is 0 Å². The molecule has 0 rings (SSSR count). The van der Waals surface area contributed by atoms with Gasteiger partial charge in [0.15, 0.2) is 0 Å². The molecule has 0 fully saturated rings. The van der Waals surface area contributed by atoms with E-state index in [1.807, 2.05) is 0 Å². The minimum Gasteiger partial charge on any atom is -0.147 e. The van der Waals surface area contributed by atoms with E-state index < -0.39 is 0 Å². The molecule has 0 aromatic carbocycles. The Bertz CT molecular complexity index is 37.8. The second-order valence-corrected chi connectivity index (χ2v) is 9.08. The maximum atomic E-state index is 2.33. The van der Waals surface area contributed by atoms with Crippen molar-refractivity contribution in [3.05, 3.63) is 0 Å². The van der Waals surface area contributed by atoms with Crippen LogP contribution in [0, 0.1) is 0 Å². The van der Waals surface area contributed by atoms with E-state index in [2.05, 4.69) is 27.7 Å². The van der Waals surface area contributed by atoms with Gasteiger partial charge in [-0.1, -0.05) is 0 Å². The molecule has 0 nitrogen and oxygen atoms in total. The maximum Gasteiger partial charge on any atom is -0.147 e. The molecule has 0 saturated carbocycles.